The van der Waals surface area contributed by atoms with Crippen LogP contribution in [-0.2, 0) is 9.53 Å². The summed E-state index contributed by atoms with van der Waals surface area (Å²) in [6, 6.07) is 3.60. The fourth-order valence-electron chi connectivity index (χ4n) is 3.05. The highest BCUT2D eigenvalue weighted by Crippen LogP contribution is 2.20. The Kier molecular flexibility index (Phi) is 4.80. The van der Waals surface area contributed by atoms with Crippen molar-refractivity contribution in [2.45, 2.75) is 18.9 Å². The number of nitrogens with one attached hydrogen (secondary N) is 2. The molecule has 1 amide bonds. The van der Waals surface area contributed by atoms with E-state index in [1.165, 1.54) is 12.1 Å². The largest absolute Gasteiger partial charge is 0.480 e. The van der Waals surface area contributed by atoms with Crippen molar-refractivity contribution in [2.24, 2.45) is 5.92 Å². The predicted octanol–water partition coefficient (Wildman–Crippen LogP) is 1.28. The van der Waals surface area contributed by atoms with Gasteiger partial charge < -0.3 is 20.1 Å². The van der Waals surface area contributed by atoms with Crippen LogP contribution >= 0.6 is 0 Å². The van der Waals surface area contributed by atoms with Crippen LogP contribution in [0.1, 0.15) is 23.2 Å². The lowest BCUT2D eigenvalue weighted by atomic mass is 9.93. The third-order valence-electron chi connectivity index (χ3n) is 4.27. The van der Waals surface area contributed by atoms with Gasteiger partial charge in [-0.15, -0.1) is 0 Å². The molecule has 0 radical (unpaired) electrons. The van der Waals surface area contributed by atoms with Crippen LogP contribution in [0.15, 0.2) is 29.1 Å². The number of rotatable bonds is 4. The lowest BCUT2D eigenvalue weighted by molar-refractivity contribution is -0.142. The second kappa shape index (κ2) is 7.02. The second-order valence-electron chi connectivity index (χ2n) is 6.00. The summed E-state index contributed by atoms with van der Waals surface area (Å²) in [5.41, 5.74) is -0.400. The van der Waals surface area contributed by atoms with Crippen molar-refractivity contribution in [1.29, 1.82) is 0 Å². The van der Waals surface area contributed by atoms with Crippen molar-refractivity contribution in [3.05, 3.63) is 46.0 Å². The Hall–Kier alpha value is -2.74. The second-order valence-corrected chi connectivity index (χ2v) is 6.00. The molecule has 0 saturated carbocycles. The molecular formula is C17H17FN2O5. The highest BCUT2D eigenvalue weighted by molar-refractivity contribution is 6.07. The van der Waals surface area contributed by atoms with Crippen molar-refractivity contribution in [3.8, 4) is 0 Å². The van der Waals surface area contributed by atoms with E-state index in [1.54, 1.807) is 0 Å². The maximum atomic E-state index is 13.3. The van der Waals surface area contributed by atoms with E-state index < -0.39 is 29.3 Å². The quantitative estimate of drug-likeness (QED) is 0.771. The number of pyridine rings is 1. The van der Waals surface area contributed by atoms with Crippen LogP contribution in [0.5, 0.6) is 0 Å². The topological polar surface area (TPSA) is 108 Å². The first-order valence-corrected chi connectivity index (χ1v) is 7.89. The molecule has 1 fully saturated rings. The number of carboxylic acid groups (broad SMARTS) is 1. The predicted molar refractivity (Wildman–Crippen MR) is 87.0 cm³/mol. The first-order valence-electron chi connectivity index (χ1n) is 7.89. The number of halogens is 1. The number of carboxylic acids is 1. The van der Waals surface area contributed by atoms with Gasteiger partial charge in [0.15, 0.2) is 0 Å². The first kappa shape index (κ1) is 17.1. The Bertz CT molecular complexity index is 873. The van der Waals surface area contributed by atoms with Gasteiger partial charge in [-0.3, -0.25) is 9.59 Å². The van der Waals surface area contributed by atoms with E-state index in [-0.39, 0.29) is 23.6 Å². The molecule has 7 nitrogen and oxygen atoms in total. The number of amides is 1. The molecule has 0 unspecified atom stereocenters. The summed E-state index contributed by atoms with van der Waals surface area (Å²) in [6.45, 7) is 0.819. The zero-order valence-electron chi connectivity index (χ0n) is 13.3. The monoisotopic (exact) mass is 348 g/mol. The van der Waals surface area contributed by atoms with Gasteiger partial charge in [0.2, 0.25) is 5.56 Å². The molecule has 2 heterocycles. The molecule has 1 aliphatic heterocycles. The third kappa shape index (κ3) is 3.69. The highest BCUT2D eigenvalue weighted by Gasteiger charge is 2.32. The minimum absolute atomic E-state index is 0.00160. The van der Waals surface area contributed by atoms with Gasteiger partial charge in [-0.1, -0.05) is 0 Å². The molecule has 3 rings (SSSR count). The van der Waals surface area contributed by atoms with Crippen LogP contribution in [0.4, 0.5) is 4.39 Å². The molecule has 132 valence electrons. The molecule has 0 spiro atoms. The molecule has 2 aromatic rings. The van der Waals surface area contributed by atoms with Gasteiger partial charge in [0, 0.05) is 24.0 Å². The summed E-state index contributed by atoms with van der Waals surface area (Å²) in [5, 5.41) is 12.2. The zero-order chi connectivity index (χ0) is 18.0. The van der Waals surface area contributed by atoms with Crippen LogP contribution in [0.3, 0.4) is 0 Å². The summed E-state index contributed by atoms with van der Waals surface area (Å²) in [5.74, 6) is -2.76. The average Bonchev–Trinajstić information content (AvgIpc) is 2.58. The first-order chi connectivity index (χ1) is 12.0. The molecule has 0 aliphatic carbocycles. The number of hydrogen-bond acceptors (Lipinski definition) is 4. The lowest BCUT2D eigenvalue weighted by Gasteiger charge is -2.28. The number of fused-ring (bicyclic) bond motifs is 1. The van der Waals surface area contributed by atoms with Crippen LogP contribution in [0.25, 0.3) is 10.9 Å². The van der Waals surface area contributed by atoms with Gasteiger partial charge in [-0.05, 0) is 31.0 Å². The Morgan fingerprint density at radius 3 is 2.84 bits per heavy atom. The summed E-state index contributed by atoms with van der Waals surface area (Å²) in [7, 11) is 0. The number of aliphatic carboxylic acids is 1. The minimum Gasteiger partial charge on any atom is -0.480 e. The van der Waals surface area contributed by atoms with E-state index in [0.717, 1.165) is 18.6 Å². The number of aromatic nitrogens is 1. The van der Waals surface area contributed by atoms with Gasteiger partial charge in [-0.25, -0.2) is 9.18 Å². The molecule has 3 N–H and O–H groups in total. The van der Waals surface area contributed by atoms with E-state index in [4.69, 9.17) is 4.74 Å². The molecular weight excluding hydrogens is 331 g/mol. The molecule has 0 bridgehead atoms. The fraction of sp³-hybridized carbons (Fsp3) is 0.353. The molecule has 1 aromatic carbocycles. The van der Waals surface area contributed by atoms with Crippen molar-refractivity contribution < 1.29 is 23.8 Å². The van der Waals surface area contributed by atoms with E-state index in [9.17, 15) is 23.9 Å². The minimum atomic E-state index is -1.16. The number of carbonyl (C=O) groups excluding carboxylic acids is 1. The summed E-state index contributed by atoms with van der Waals surface area (Å²) < 4.78 is 18.6. The van der Waals surface area contributed by atoms with E-state index in [1.807, 2.05) is 0 Å². The van der Waals surface area contributed by atoms with Crippen LogP contribution in [0, 0.1) is 11.7 Å². The van der Waals surface area contributed by atoms with Crippen LogP contribution in [0.2, 0.25) is 0 Å². The van der Waals surface area contributed by atoms with Gasteiger partial charge in [0.25, 0.3) is 5.91 Å². The number of carbonyl (C=O) groups is 2. The fourth-order valence-corrected chi connectivity index (χ4v) is 3.05. The molecule has 1 aliphatic rings. The van der Waals surface area contributed by atoms with Gasteiger partial charge in [-0.2, -0.15) is 0 Å². The summed E-state index contributed by atoms with van der Waals surface area (Å²) in [6.07, 6.45) is 1.34. The molecule has 2 atom stereocenters. The standard InChI is InChI=1S/C17H17FN2O5/c18-10-3-4-11-12(7-14(21)19-13(11)6-10)16(22)20-15(17(23)24)9-2-1-5-25-8-9/h3-4,6-7,9,15H,1-2,5,8H2,(H,19,21)(H,20,22)(H,23,24)/t9-,15+/m1/s1. The lowest BCUT2D eigenvalue weighted by Crippen LogP contribution is -2.48. The van der Waals surface area contributed by atoms with Gasteiger partial charge >= 0.3 is 5.97 Å². The maximum absolute atomic E-state index is 13.3. The molecule has 1 saturated heterocycles. The summed E-state index contributed by atoms with van der Waals surface area (Å²) in [4.78, 5) is 38.3. The van der Waals surface area contributed by atoms with Crippen molar-refractivity contribution >= 4 is 22.8 Å². The van der Waals surface area contributed by atoms with Crippen molar-refractivity contribution in [2.75, 3.05) is 13.2 Å². The number of benzene rings is 1. The Labute approximate surface area is 141 Å². The van der Waals surface area contributed by atoms with Crippen molar-refractivity contribution in [1.82, 2.24) is 10.3 Å². The van der Waals surface area contributed by atoms with Crippen LogP contribution < -0.4 is 10.9 Å². The summed E-state index contributed by atoms with van der Waals surface area (Å²) >= 11 is 0. The smallest absolute Gasteiger partial charge is 0.326 e. The molecule has 1 aromatic heterocycles. The van der Waals surface area contributed by atoms with E-state index >= 15 is 0 Å². The number of H-pyrrole nitrogens is 1. The number of aromatic amines is 1. The van der Waals surface area contributed by atoms with Crippen molar-refractivity contribution in [3.63, 3.8) is 0 Å². The number of ether oxygens (including phenoxy) is 1. The SMILES string of the molecule is O=C(N[C@H](C(=O)O)[C@@H]1CCCOC1)c1cc(=O)[nH]c2cc(F)ccc12. The van der Waals surface area contributed by atoms with Gasteiger partial charge in [0.1, 0.15) is 11.9 Å². The highest BCUT2D eigenvalue weighted by atomic mass is 19.1. The zero-order valence-corrected chi connectivity index (χ0v) is 13.3. The third-order valence-corrected chi connectivity index (χ3v) is 4.27. The Balaban J connectivity index is 1.93. The maximum Gasteiger partial charge on any atom is 0.326 e. The number of hydrogen-bond donors (Lipinski definition) is 3. The normalized spacial score (nSPS) is 18.7. The Morgan fingerprint density at radius 2 is 2.16 bits per heavy atom. The Morgan fingerprint density at radius 1 is 1.36 bits per heavy atom. The van der Waals surface area contributed by atoms with E-state index in [2.05, 4.69) is 10.3 Å². The van der Waals surface area contributed by atoms with Gasteiger partial charge in [0.05, 0.1) is 17.7 Å². The molecule has 8 heteroatoms. The average molecular weight is 348 g/mol. The molecule has 25 heavy (non-hydrogen) atoms. The van der Waals surface area contributed by atoms with Crippen LogP contribution in [-0.4, -0.2) is 41.2 Å². The van der Waals surface area contributed by atoms with E-state index in [0.29, 0.717) is 18.4 Å².